The van der Waals surface area contributed by atoms with E-state index in [0.29, 0.717) is 48.0 Å². The molecule has 2 aromatic carbocycles. The smallest absolute Gasteiger partial charge is 0.255 e. The van der Waals surface area contributed by atoms with Crippen molar-refractivity contribution in [3.05, 3.63) is 53.2 Å². The van der Waals surface area contributed by atoms with Crippen molar-refractivity contribution in [3.63, 3.8) is 0 Å². The number of methoxy groups -OCH3 is 2. The molecule has 186 valence electrons. The molecule has 3 aromatic rings. The van der Waals surface area contributed by atoms with E-state index in [2.05, 4.69) is 20.5 Å². The van der Waals surface area contributed by atoms with Gasteiger partial charge in [-0.3, -0.25) is 9.59 Å². The topological polar surface area (TPSA) is 122 Å². The summed E-state index contributed by atoms with van der Waals surface area (Å²) < 4.78 is 11.0. The number of benzene rings is 2. The van der Waals surface area contributed by atoms with Crippen LogP contribution in [0.15, 0.2) is 42.6 Å². The van der Waals surface area contributed by atoms with E-state index in [0.717, 1.165) is 23.1 Å². The first-order valence-electron chi connectivity index (χ1n) is 11.4. The third-order valence-electron chi connectivity index (χ3n) is 6.32. The number of aromatic amines is 1. The lowest BCUT2D eigenvalue weighted by Crippen LogP contribution is -2.55. The van der Waals surface area contributed by atoms with Crippen molar-refractivity contribution in [1.82, 2.24) is 15.2 Å². The number of rotatable bonds is 8. The Balaban J connectivity index is 1.29. The first-order valence-corrected chi connectivity index (χ1v) is 11.8. The Morgan fingerprint density at radius 3 is 2.83 bits per heavy atom. The Kier molecular flexibility index (Phi) is 7.80. The monoisotopic (exact) mass is 499 g/mol. The van der Waals surface area contributed by atoms with Gasteiger partial charge >= 0.3 is 0 Å². The fourth-order valence-electron chi connectivity index (χ4n) is 4.36. The number of fused-ring (bicyclic) bond motifs is 1. The van der Waals surface area contributed by atoms with Crippen molar-refractivity contribution < 1.29 is 19.1 Å². The number of ether oxygens (including phenoxy) is 2. The van der Waals surface area contributed by atoms with Gasteiger partial charge in [-0.25, -0.2) is 0 Å². The lowest BCUT2D eigenvalue weighted by Gasteiger charge is -2.38. The molecule has 2 amide bonds. The molecule has 1 fully saturated rings. The van der Waals surface area contributed by atoms with E-state index in [1.54, 1.807) is 7.11 Å². The molecule has 9 nitrogen and oxygen atoms in total. The highest BCUT2D eigenvalue weighted by Gasteiger charge is 2.31. The van der Waals surface area contributed by atoms with Gasteiger partial charge in [-0.05, 0) is 36.8 Å². The zero-order chi connectivity index (χ0) is 24.9. The van der Waals surface area contributed by atoms with E-state index in [4.69, 9.17) is 26.8 Å². The molecule has 5 N–H and O–H groups in total. The molecule has 0 bridgehead atoms. The van der Waals surface area contributed by atoms with Crippen molar-refractivity contribution in [2.24, 2.45) is 0 Å². The fraction of sp³-hybridized carbons (Fsp3) is 0.360. The van der Waals surface area contributed by atoms with E-state index in [1.807, 2.05) is 30.5 Å². The summed E-state index contributed by atoms with van der Waals surface area (Å²) in [5, 5.41) is 7.34. The van der Waals surface area contributed by atoms with Gasteiger partial charge in [-0.1, -0.05) is 11.6 Å². The van der Waals surface area contributed by atoms with Gasteiger partial charge in [0.2, 0.25) is 5.91 Å². The number of nitrogen functional groups attached to an aromatic ring is 1. The molecule has 0 saturated carbocycles. The van der Waals surface area contributed by atoms with E-state index in [9.17, 15) is 9.59 Å². The molecule has 10 heteroatoms. The van der Waals surface area contributed by atoms with Crippen LogP contribution in [0, 0.1) is 0 Å². The molecular weight excluding hydrogens is 470 g/mol. The normalized spacial score (nSPS) is 18.4. The number of anilines is 2. The van der Waals surface area contributed by atoms with E-state index in [-0.39, 0.29) is 24.0 Å². The highest BCUT2D eigenvalue weighted by atomic mass is 35.5. The van der Waals surface area contributed by atoms with Crippen LogP contribution in [0.4, 0.5) is 11.4 Å². The number of nitrogens with two attached hydrogens (primary N) is 1. The van der Waals surface area contributed by atoms with Gasteiger partial charge in [0.05, 0.1) is 35.5 Å². The van der Waals surface area contributed by atoms with Crippen LogP contribution in [-0.2, 0) is 9.53 Å². The van der Waals surface area contributed by atoms with Crippen molar-refractivity contribution in [3.8, 4) is 5.75 Å². The summed E-state index contributed by atoms with van der Waals surface area (Å²) in [4.78, 5) is 30.7. The zero-order valence-corrected chi connectivity index (χ0v) is 20.5. The van der Waals surface area contributed by atoms with Gasteiger partial charge in [0.25, 0.3) is 5.91 Å². The SMILES string of the molecule is COc1cc(N)c(Cl)cc1C(=O)N[C@@H]1CCN(CCC(=O)Nc2ccc3[nH]ccc3c2)C[C@@H]1OC. The van der Waals surface area contributed by atoms with Crippen LogP contribution in [0.25, 0.3) is 10.9 Å². The van der Waals surface area contributed by atoms with Gasteiger partial charge < -0.3 is 35.7 Å². The molecular formula is C25H30ClN5O4. The van der Waals surface area contributed by atoms with Crippen molar-refractivity contribution in [1.29, 1.82) is 0 Å². The minimum absolute atomic E-state index is 0.0448. The zero-order valence-electron chi connectivity index (χ0n) is 19.8. The van der Waals surface area contributed by atoms with Crippen LogP contribution in [0.1, 0.15) is 23.2 Å². The Morgan fingerprint density at radius 2 is 2.06 bits per heavy atom. The average molecular weight is 500 g/mol. The summed E-state index contributed by atoms with van der Waals surface area (Å²) in [6, 6.07) is 10.6. The number of nitrogens with one attached hydrogen (secondary N) is 3. The number of nitrogens with zero attached hydrogens (tertiary/aromatic N) is 1. The standard InChI is InChI=1S/C25H30ClN5O4/c1-34-22-13-19(27)18(26)12-17(22)25(33)30-21-6-9-31(14-23(21)35-2)10-7-24(32)29-16-3-4-20-15(11-16)5-8-28-20/h3-5,8,11-13,21,23,28H,6-7,9-10,14,27H2,1-2H3,(H,29,32)(H,30,33)/t21-,23+/m1/s1. The van der Waals surface area contributed by atoms with Crippen LogP contribution in [0.2, 0.25) is 5.02 Å². The van der Waals surface area contributed by atoms with E-state index >= 15 is 0 Å². The molecule has 35 heavy (non-hydrogen) atoms. The summed E-state index contributed by atoms with van der Waals surface area (Å²) in [6.07, 6.45) is 2.69. The second kappa shape index (κ2) is 11.0. The first kappa shape index (κ1) is 24.8. The molecule has 0 aliphatic carbocycles. The van der Waals surface area contributed by atoms with Crippen LogP contribution in [0.5, 0.6) is 5.75 Å². The number of halogens is 1. The highest BCUT2D eigenvalue weighted by molar-refractivity contribution is 6.33. The number of hydrogen-bond donors (Lipinski definition) is 4. The minimum atomic E-state index is -0.303. The molecule has 2 atom stereocenters. The number of hydrogen-bond acceptors (Lipinski definition) is 6. The first-order chi connectivity index (χ1) is 16.9. The molecule has 2 heterocycles. The second-order valence-corrected chi connectivity index (χ2v) is 9.00. The Hall–Kier alpha value is -3.27. The van der Waals surface area contributed by atoms with Gasteiger partial charge in [-0.15, -0.1) is 0 Å². The molecule has 4 rings (SSSR count). The predicted molar refractivity (Wildman–Crippen MR) is 137 cm³/mol. The summed E-state index contributed by atoms with van der Waals surface area (Å²) >= 11 is 6.11. The predicted octanol–water partition coefficient (Wildman–Crippen LogP) is 3.26. The number of carbonyl (C=O) groups excluding carboxylic acids is 2. The van der Waals surface area contributed by atoms with E-state index in [1.165, 1.54) is 19.2 Å². The van der Waals surface area contributed by atoms with Gasteiger partial charge in [0.1, 0.15) is 5.75 Å². The number of aromatic nitrogens is 1. The fourth-order valence-corrected chi connectivity index (χ4v) is 4.53. The Bertz CT molecular complexity index is 1210. The van der Waals surface area contributed by atoms with Gasteiger partial charge in [0, 0.05) is 62.0 Å². The average Bonchev–Trinajstić information content (AvgIpc) is 3.32. The van der Waals surface area contributed by atoms with Gasteiger partial charge in [-0.2, -0.15) is 0 Å². The van der Waals surface area contributed by atoms with Crippen LogP contribution >= 0.6 is 11.6 Å². The Labute approximate surface area is 208 Å². The van der Waals surface area contributed by atoms with E-state index < -0.39 is 0 Å². The van der Waals surface area contributed by atoms with Crippen LogP contribution < -0.4 is 21.1 Å². The number of amides is 2. The third-order valence-corrected chi connectivity index (χ3v) is 6.65. The highest BCUT2D eigenvalue weighted by Crippen LogP contribution is 2.29. The van der Waals surface area contributed by atoms with Crippen LogP contribution in [-0.4, -0.2) is 67.7 Å². The summed E-state index contributed by atoms with van der Waals surface area (Å²) in [5.74, 6) is 0.0112. The lowest BCUT2D eigenvalue weighted by molar-refractivity contribution is -0.116. The number of likely N-dealkylation sites (tertiary alicyclic amines) is 1. The largest absolute Gasteiger partial charge is 0.496 e. The molecule has 1 saturated heterocycles. The molecule has 1 aromatic heterocycles. The quantitative estimate of drug-likeness (QED) is 0.353. The summed E-state index contributed by atoms with van der Waals surface area (Å²) in [7, 11) is 3.10. The molecule has 0 radical (unpaired) electrons. The maximum Gasteiger partial charge on any atom is 0.255 e. The maximum atomic E-state index is 12.9. The Morgan fingerprint density at radius 1 is 1.23 bits per heavy atom. The van der Waals surface area contributed by atoms with Crippen molar-refractivity contribution >= 4 is 45.7 Å². The molecule has 1 aliphatic heterocycles. The number of piperidine rings is 1. The minimum Gasteiger partial charge on any atom is -0.496 e. The maximum absolute atomic E-state index is 12.9. The third kappa shape index (κ3) is 5.87. The summed E-state index contributed by atoms with van der Waals surface area (Å²) in [5.41, 5.74) is 8.29. The molecule has 1 aliphatic rings. The second-order valence-electron chi connectivity index (χ2n) is 8.60. The van der Waals surface area contributed by atoms with Crippen molar-refractivity contribution in [2.75, 3.05) is 44.9 Å². The van der Waals surface area contributed by atoms with Crippen LogP contribution in [0.3, 0.4) is 0 Å². The summed E-state index contributed by atoms with van der Waals surface area (Å²) in [6.45, 7) is 1.93. The molecule has 0 spiro atoms. The number of carbonyl (C=O) groups is 2. The lowest BCUT2D eigenvalue weighted by atomic mass is 10.0. The van der Waals surface area contributed by atoms with Gasteiger partial charge in [0.15, 0.2) is 0 Å². The molecule has 0 unspecified atom stereocenters. The van der Waals surface area contributed by atoms with Crippen molar-refractivity contribution in [2.45, 2.75) is 25.0 Å². The number of H-pyrrole nitrogens is 1.